The van der Waals surface area contributed by atoms with Crippen LogP contribution < -0.4 is 5.32 Å². The smallest absolute Gasteiger partial charge is 0.328 e. The average molecular weight is 323 g/mol. The lowest BCUT2D eigenvalue weighted by atomic mass is 10.1. The molecule has 0 aromatic rings. The van der Waals surface area contributed by atoms with Crippen molar-refractivity contribution in [1.82, 2.24) is 5.32 Å². The van der Waals surface area contributed by atoms with Crippen LogP contribution in [-0.4, -0.2) is 24.5 Å². The zero-order valence-corrected chi connectivity index (χ0v) is 14.6. The maximum absolute atomic E-state index is 11.7. The lowest BCUT2D eigenvalue weighted by molar-refractivity contribution is -0.146. The molecule has 0 aliphatic carbocycles. The van der Waals surface area contributed by atoms with Crippen molar-refractivity contribution in [3.8, 4) is 0 Å². The second kappa shape index (κ2) is 13.1. The lowest BCUT2D eigenvalue weighted by Crippen LogP contribution is -2.34. The van der Waals surface area contributed by atoms with E-state index in [1.807, 2.05) is 0 Å². The largest absolute Gasteiger partial charge is 0.464 e. The molecular weight excluding hydrogens is 290 g/mol. The van der Waals surface area contributed by atoms with Gasteiger partial charge in [0.2, 0.25) is 5.91 Å². The fourth-order valence-electron chi connectivity index (χ4n) is 2.77. The summed E-state index contributed by atoms with van der Waals surface area (Å²) in [5.41, 5.74) is 0. The van der Waals surface area contributed by atoms with Crippen molar-refractivity contribution < 1.29 is 14.3 Å². The van der Waals surface area contributed by atoms with Gasteiger partial charge in [0.25, 0.3) is 0 Å². The minimum atomic E-state index is -0.408. The Hall–Kier alpha value is -1.32. The number of nitrogens with one attached hydrogen (secondary N) is 1. The summed E-state index contributed by atoms with van der Waals surface area (Å²) >= 11 is 0. The number of ether oxygens (including phenoxy) is 1. The number of carbonyl (C=O) groups is 2. The zero-order valence-electron chi connectivity index (χ0n) is 14.6. The van der Waals surface area contributed by atoms with E-state index < -0.39 is 6.04 Å². The molecule has 1 aliphatic heterocycles. The van der Waals surface area contributed by atoms with Crippen LogP contribution in [0, 0.1) is 0 Å². The zero-order chi connectivity index (χ0) is 16.8. The molecule has 4 nitrogen and oxygen atoms in total. The Labute approximate surface area is 141 Å². The van der Waals surface area contributed by atoms with E-state index in [1.54, 1.807) is 0 Å². The van der Waals surface area contributed by atoms with Gasteiger partial charge in [-0.05, 0) is 32.1 Å². The first kappa shape index (κ1) is 19.7. The fraction of sp³-hybridized carbons (Fsp3) is 0.789. The molecule has 23 heavy (non-hydrogen) atoms. The van der Waals surface area contributed by atoms with Gasteiger partial charge < -0.3 is 10.1 Å². The molecule has 1 heterocycles. The molecule has 1 atom stereocenters. The van der Waals surface area contributed by atoms with Crippen molar-refractivity contribution in [2.45, 2.75) is 90.0 Å². The number of hydrogen-bond donors (Lipinski definition) is 1. The SMILES string of the molecule is CC/C=C/CCCCCCCCCCOC(=O)[C@@H]1CCC(=O)N1. The number of rotatable bonds is 13. The highest BCUT2D eigenvalue weighted by molar-refractivity contribution is 5.87. The monoisotopic (exact) mass is 323 g/mol. The number of hydrogen-bond acceptors (Lipinski definition) is 3. The highest BCUT2D eigenvalue weighted by Gasteiger charge is 2.28. The van der Waals surface area contributed by atoms with Crippen LogP contribution in [0.3, 0.4) is 0 Å². The summed E-state index contributed by atoms with van der Waals surface area (Å²) in [5, 5.41) is 2.63. The summed E-state index contributed by atoms with van der Waals surface area (Å²) in [6.45, 7) is 2.65. The highest BCUT2D eigenvalue weighted by Crippen LogP contribution is 2.11. The standard InChI is InChI=1S/C19H33NO3/c1-2-3-4-5-6-7-8-9-10-11-12-13-16-23-19(22)17-14-15-18(21)20-17/h3-4,17H,2,5-16H2,1H3,(H,20,21)/b4-3+/t17-/m0/s1. The molecule has 0 unspecified atom stereocenters. The van der Waals surface area contributed by atoms with Crippen LogP contribution in [0.5, 0.6) is 0 Å². The third-order valence-corrected chi connectivity index (χ3v) is 4.19. The molecule has 0 saturated carbocycles. The maximum atomic E-state index is 11.7. The maximum Gasteiger partial charge on any atom is 0.328 e. The van der Waals surface area contributed by atoms with E-state index in [9.17, 15) is 9.59 Å². The van der Waals surface area contributed by atoms with Gasteiger partial charge in [-0.25, -0.2) is 4.79 Å². The molecule has 1 N–H and O–H groups in total. The summed E-state index contributed by atoms with van der Waals surface area (Å²) in [6.07, 6.45) is 17.7. The summed E-state index contributed by atoms with van der Waals surface area (Å²) in [4.78, 5) is 22.7. The molecule has 1 saturated heterocycles. The van der Waals surface area contributed by atoms with Crippen molar-refractivity contribution in [3.63, 3.8) is 0 Å². The Balaban J connectivity index is 1.80. The van der Waals surface area contributed by atoms with Gasteiger partial charge >= 0.3 is 5.97 Å². The molecule has 0 spiro atoms. The van der Waals surface area contributed by atoms with Crippen LogP contribution in [0.1, 0.15) is 84.0 Å². The highest BCUT2D eigenvalue weighted by atomic mass is 16.5. The van der Waals surface area contributed by atoms with Gasteiger partial charge in [0.15, 0.2) is 0 Å². The van der Waals surface area contributed by atoms with Gasteiger partial charge in [-0.2, -0.15) is 0 Å². The fourth-order valence-corrected chi connectivity index (χ4v) is 2.77. The van der Waals surface area contributed by atoms with Crippen LogP contribution >= 0.6 is 0 Å². The van der Waals surface area contributed by atoms with Crippen molar-refractivity contribution in [2.24, 2.45) is 0 Å². The van der Waals surface area contributed by atoms with Gasteiger partial charge in [0.05, 0.1) is 6.61 Å². The van der Waals surface area contributed by atoms with Crippen molar-refractivity contribution in [2.75, 3.05) is 6.61 Å². The Morgan fingerprint density at radius 3 is 2.35 bits per heavy atom. The summed E-state index contributed by atoms with van der Waals surface area (Å²) < 4.78 is 5.21. The van der Waals surface area contributed by atoms with Gasteiger partial charge in [0.1, 0.15) is 6.04 Å². The topological polar surface area (TPSA) is 55.4 Å². The Morgan fingerprint density at radius 2 is 1.74 bits per heavy atom. The van der Waals surface area contributed by atoms with E-state index in [4.69, 9.17) is 4.74 Å². The predicted molar refractivity (Wildman–Crippen MR) is 93.1 cm³/mol. The Morgan fingerprint density at radius 1 is 1.09 bits per heavy atom. The molecule has 1 amide bonds. The minimum Gasteiger partial charge on any atom is -0.464 e. The number of esters is 1. The first-order valence-corrected chi connectivity index (χ1v) is 9.35. The molecule has 0 aromatic carbocycles. The van der Waals surface area contributed by atoms with Crippen LogP contribution in [0.2, 0.25) is 0 Å². The van der Waals surface area contributed by atoms with Crippen molar-refractivity contribution in [1.29, 1.82) is 0 Å². The van der Waals surface area contributed by atoms with E-state index in [1.165, 1.54) is 44.9 Å². The van der Waals surface area contributed by atoms with Crippen LogP contribution in [-0.2, 0) is 14.3 Å². The van der Waals surface area contributed by atoms with E-state index in [0.717, 1.165) is 19.3 Å². The molecule has 0 aromatic heterocycles. The first-order chi connectivity index (χ1) is 11.2. The van der Waals surface area contributed by atoms with E-state index >= 15 is 0 Å². The summed E-state index contributed by atoms with van der Waals surface area (Å²) in [5.74, 6) is -0.318. The lowest BCUT2D eigenvalue weighted by Gasteiger charge is -2.09. The second-order valence-corrected chi connectivity index (χ2v) is 6.32. The number of carbonyl (C=O) groups excluding carboxylic acids is 2. The normalized spacial score (nSPS) is 17.6. The summed E-state index contributed by atoms with van der Waals surface area (Å²) in [7, 11) is 0. The number of amides is 1. The van der Waals surface area contributed by atoms with Gasteiger partial charge in [-0.1, -0.05) is 57.6 Å². The number of unbranched alkanes of at least 4 members (excludes halogenated alkanes) is 8. The molecule has 1 fully saturated rings. The Bertz CT molecular complexity index is 366. The van der Waals surface area contributed by atoms with Gasteiger partial charge in [-0.15, -0.1) is 0 Å². The third-order valence-electron chi connectivity index (χ3n) is 4.19. The first-order valence-electron chi connectivity index (χ1n) is 9.35. The molecule has 1 rings (SSSR count). The molecule has 0 bridgehead atoms. The van der Waals surface area contributed by atoms with Gasteiger partial charge in [0, 0.05) is 6.42 Å². The molecule has 1 aliphatic rings. The molecule has 0 radical (unpaired) electrons. The molecule has 132 valence electrons. The number of allylic oxidation sites excluding steroid dienone is 2. The average Bonchev–Trinajstić information content (AvgIpc) is 2.98. The molecular formula is C19H33NO3. The van der Waals surface area contributed by atoms with Crippen LogP contribution in [0.4, 0.5) is 0 Å². The van der Waals surface area contributed by atoms with E-state index in [-0.39, 0.29) is 11.9 Å². The van der Waals surface area contributed by atoms with Crippen LogP contribution in [0.15, 0.2) is 12.2 Å². The van der Waals surface area contributed by atoms with Crippen molar-refractivity contribution >= 4 is 11.9 Å². The summed E-state index contributed by atoms with van der Waals surface area (Å²) in [6, 6.07) is -0.408. The van der Waals surface area contributed by atoms with Gasteiger partial charge in [-0.3, -0.25) is 4.79 Å². The van der Waals surface area contributed by atoms with Crippen LogP contribution in [0.25, 0.3) is 0 Å². The van der Waals surface area contributed by atoms with Crippen molar-refractivity contribution in [3.05, 3.63) is 12.2 Å². The van der Waals surface area contributed by atoms with E-state index in [2.05, 4.69) is 24.4 Å². The third kappa shape index (κ3) is 10.1. The van der Waals surface area contributed by atoms with E-state index in [0.29, 0.717) is 19.4 Å². The Kier molecular flexibility index (Phi) is 11.3. The second-order valence-electron chi connectivity index (χ2n) is 6.32. The minimum absolute atomic E-state index is 0.0478. The quantitative estimate of drug-likeness (QED) is 0.312. The molecule has 4 heteroatoms. The predicted octanol–water partition coefficient (Wildman–Crippen LogP) is 4.29.